The summed E-state index contributed by atoms with van der Waals surface area (Å²) in [6.45, 7) is 0.387. The minimum atomic E-state index is -3.60. The van der Waals surface area contributed by atoms with Crippen molar-refractivity contribution in [1.82, 2.24) is 5.32 Å². The number of carbonyl (C=O) groups is 1. The molecular weight excluding hydrogens is 479 g/mol. The normalized spacial score (nSPS) is 14.0. The van der Waals surface area contributed by atoms with E-state index in [1.807, 2.05) is 36.4 Å². The van der Waals surface area contributed by atoms with E-state index in [1.165, 1.54) is 29.7 Å². The molecule has 0 saturated heterocycles. The van der Waals surface area contributed by atoms with E-state index in [-0.39, 0.29) is 5.91 Å². The van der Waals surface area contributed by atoms with Crippen molar-refractivity contribution in [1.29, 1.82) is 0 Å². The molecule has 1 heterocycles. The van der Waals surface area contributed by atoms with Gasteiger partial charge in [0.2, 0.25) is 10.0 Å². The van der Waals surface area contributed by atoms with Crippen LogP contribution in [-0.2, 0) is 10.0 Å². The van der Waals surface area contributed by atoms with Crippen LogP contribution < -0.4 is 9.62 Å². The van der Waals surface area contributed by atoms with Crippen molar-refractivity contribution in [3.05, 3.63) is 78.1 Å². The number of sulfonamides is 1. The molecule has 1 aromatic heterocycles. The molecule has 1 N–H and O–H groups in total. The largest absolute Gasteiger partial charge is 0.455 e. The van der Waals surface area contributed by atoms with Crippen molar-refractivity contribution >= 4 is 32.6 Å². The SMILES string of the molecule is CNC(=O)c1c(-c2ccc(F)cc2)oc2cc(N(CC3CCC3)S(C)(=O)=O)c(-c3ccccc3)cc12. The lowest BCUT2D eigenvalue weighted by Gasteiger charge is -2.33. The number of halogens is 1. The highest BCUT2D eigenvalue weighted by molar-refractivity contribution is 7.92. The smallest absolute Gasteiger partial charge is 0.255 e. The number of benzene rings is 3. The summed E-state index contributed by atoms with van der Waals surface area (Å²) in [6, 6.07) is 18.7. The molecule has 8 heteroatoms. The summed E-state index contributed by atoms with van der Waals surface area (Å²) in [5, 5.41) is 3.21. The van der Waals surface area contributed by atoms with Gasteiger partial charge in [0.25, 0.3) is 5.91 Å². The molecule has 6 nitrogen and oxygen atoms in total. The van der Waals surface area contributed by atoms with Crippen LogP contribution in [0.15, 0.2) is 71.1 Å². The van der Waals surface area contributed by atoms with Gasteiger partial charge in [-0.2, -0.15) is 0 Å². The lowest BCUT2D eigenvalue weighted by Crippen LogP contribution is -2.37. The third-order valence-corrected chi connectivity index (χ3v) is 7.92. The fourth-order valence-corrected chi connectivity index (χ4v) is 5.65. The summed E-state index contributed by atoms with van der Waals surface area (Å²) >= 11 is 0. The topological polar surface area (TPSA) is 79.6 Å². The lowest BCUT2D eigenvalue weighted by molar-refractivity contribution is 0.0964. The van der Waals surface area contributed by atoms with E-state index >= 15 is 0 Å². The fraction of sp³-hybridized carbons (Fsp3) is 0.250. The first-order valence-electron chi connectivity index (χ1n) is 11.9. The third kappa shape index (κ3) is 4.48. The number of rotatable bonds is 7. The second-order valence-corrected chi connectivity index (χ2v) is 11.1. The van der Waals surface area contributed by atoms with E-state index in [0.717, 1.165) is 24.8 Å². The van der Waals surface area contributed by atoms with Crippen LogP contribution in [0.25, 0.3) is 33.4 Å². The zero-order valence-electron chi connectivity index (χ0n) is 20.1. The van der Waals surface area contributed by atoms with Crippen molar-refractivity contribution < 1.29 is 22.0 Å². The van der Waals surface area contributed by atoms with E-state index in [0.29, 0.717) is 51.6 Å². The number of hydrogen-bond acceptors (Lipinski definition) is 4. The lowest BCUT2D eigenvalue weighted by atomic mass is 9.85. The first-order chi connectivity index (χ1) is 17.3. The van der Waals surface area contributed by atoms with E-state index in [9.17, 15) is 17.6 Å². The van der Waals surface area contributed by atoms with Crippen molar-refractivity contribution in [3.8, 4) is 22.5 Å². The van der Waals surface area contributed by atoms with Crippen LogP contribution >= 0.6 is 0 Å². The fourth-order valence-electron chi connectivity index (χ4n) is 4.66. The van der Waals surface area contributed by atoms with Crippen LogP contribution in [-0.4, -0.2) is 34.2 Å². The molecule has 3 aromatic carbocycles. The summed E-state index contributed by atoms with van der Waals surface area (Å²) in [5.74, 6) is -0.156. The average Bonchev–Trinajstić information content (AvgIpc) is 3.20. The molecule has 1 amide bonds. The molecule has 1 aliphatic carbocycles. The molecule has 36 heavy (non-hydrogen) atoms. The quantitative estimate of drug-likeness (QED) is 0.342. The third-order valence-electron chi connectivity index (χ3n) is 6.77. The Labute approximate surface area is 209 Å². The van der Waals surface area contributed by atoms with Crippen LogP contribution in [0, 0.1) is 11.7 Å². The molecule has 0 atom stereocenters. The van der Waals surface area contributed by atoms with Gasteiger partial charge in [-0.15, -0.1) is 0 Å². The van der Waals surface area contributed by atoms with Crippen molar-refractivity contribution in [2.45, 2.75) is 19.3 Å². The number of hydrogen-bond donors (Lipinski definition) is 1. The number of nitrogens with zero attached hydrogens (tertiary/aromatic N) is 1. The molecular formula is C28H27FN2O4S. The Morgan fingerprint density at radius 3 is 2.33 bits per heavy atom. The van der Waals surface area contributed by atoms with Crippen LogP contribution in [0.2, 0.25) is 0 Å². The van der Waals surface area contributed by atoms with Gasteiger partial charge in [0.05, 0.1) is 17.5 Å². The molecule has 1 saturated carbocycles. The van der Waals surface area contributed by atoms with Crippen molar-refractivity contribution in [2.24, 2.45) is 5.92 Å². The zero-order chi connectivity index (χ0) is 25.4. The predicted octanol–water partition coefficient (Wildman–Crippen LogP) is 5.83. The molecule has 4 aromatic rings. The van der Waals surface area contributed by atoms with Crippen LogP contribution in [0.3, 0.4) is 0 Å². The Bertz CT molecular complexity index is 1530. The zero-order valence-corrected chi connectivity index (χ0v) is 20.9. The summed E-state index contributed by atoms with van der Waals surface area (Å²) in [6.07, 6.45) is 4.30. The first-order valence-corrected chi connectivity index (χ1v) is 13.7. The van der Waals surface area contributed by atoms with Gasteiger partial charge < -0.3 is 9.73 Å². The van der Waals surface area contributed by atoms with Gasteiger partial charge in [-0.25, -0.2) is 12.8 Å². The maximum Gasteiger partial charge on any atom is 0.255 e. The molecule has 1 fully saturated rings. The minimum Gasteiger partial charge on any atom is -0.455 e. The van der Waals surface area contributed by atoms with E-state index in [4.69, 9.17) is 4.42 Å². The number of fused-ring (bicyclic) bond motifs is 1. The highest BCUT2D eigenvalue weighted by atomic mass is 32.2. The highest BCUT2D eigenvalue weighted by Gasteiger charge is 2.30. The van der Waals surface area contributed by atoms with Gasteiger partial charge in [-0.3, -0.25) is 9.10 Å². The summed E-state index contributed by atoms with van der Waals surface area (Å²) in [4.78, 5) is 13.0. The van der Waals surface area contributed by atoms with Gasteiger partial charge in [0, 0.05) is 36.2 Å². The van der Waals surface area contributed by atoms with Gasteiger partial charge in [-0.1, -0.05) is 36.8 Å². The second kappa shape index (κ2) is 9.43. The second-order valence-electron chi connectivity index (χ2n) is 9.21. The van der Waals surface area contributed by atoms with E-state index in [1.54, 1.807) is 18.2 Å². The maximum atomic E-state index is 13.6. The number of anilines is 1. The first kappa shape index (κ1) is 24.1. The van der Waals surface area contributed by atoms with Crippen LogP contribution in [0.5, 0.6) is 0 Å². The molecule has 0 unspecified atom stereocenters. The Balaban J connectivity index is 1.80. The predicted molar refractivity (Wildman–Crippen MR) is 140 cm³/mol. The number of nitrogens with one attached hydrogen (secondary N) is 1. The minimum absolute atomic E-state index is 0.297. The number of carbonyl (C=O) groups excluding carboxylic acids is 1. The molecule has 0 radical (unpaired) electrons. The Morgan fingerprint density at radius 2 is 1.75 bits per heavy atom. The van der Waals surface area contributed by atoms with Gasteiger partial charge in [0.15, 0.2) is 0 Å². The van der Waals surface area contributed by atoms with Crippen LogP contribution in [0.1, 0.15) is 29.6 Å². The molecule has 1 aliphatic rings. The highest BCUT2D eigenvalue weighted by Crippen LogP contribution is 2.42. The van der Waals surface area contributed by atoms with Gasteiger partial charge in [-0.05, 0) is 54.7 Å². The number of amides is 1. The Kier molecular flexibility index (Phi) is 6.30. The van der Waals surface area contributed by atoms with Crippen molar-refractivity contribution in [3.63, 3.8) is 0 Å². The summed E-state index contributed by atoms with van der Waals surface area (Å²) in [7, 11) is -2.07. The van der Waals surface area contributed by atoms with Gasteiger partial charge >= 0.3 is 0 Å². The van der Waals surface area contributed by atoms with Crippen molar-refractivity contribution in [2.75, 3.05) is 24.2 Å². The molecule has 0 bridgehead atoms. The molecule has 0 aliphatic heterocycles. The molecule has 5 rings (SSSR count). The molecule has 186 valence electrons. The van der Waals surface area contributed by atoms with Gasteiger partial charge in [0.1, 0.15) is 17.2 Å². The van der Waals surface area contributed by atoms with Crippen LogP contribution in [0.4, 0.5) is 10.1 Å². The van der Waals surface area contributed by atoms with E-state index < -0.39 is 15.8 Å². The standard InChI is InChI=1S/C28H27FN2O4S/c1-30-28(32)26-23-15-22(19-9-4-3-5-10-19)24(31(36(2,33)34)17-18-7-6-8-18)16-25(23)35-27(26)20-11-13-21(29)14-12-20/h3-5,9-16,18H,6-8,17H2,1-2H3,(H,30,32). The monoisotopic (exact) mass is 506 g/mol. The molecule has 0 spiro atoms. The maximum absolute atomic E-state index is 13.6. The Hall–Kier alpha value is -3.65. The Morgan fingerprint density at radius 1 is 1.06 bits per heavy atom. The number of furan rings is 1. The van der Waals surface area contributed by atoms with E-state index in [2.05, 4.69) is 5.32 Å². The average molecular weight is 507 g/mol. The summed E-state index contributed by atoms with van der Waals surface area (Å²) < 4.78 is 47.2. The summed E-state index contributed by atoms with van der Waals surface area (Å²) in [5.41, 5.74) is 3.25.